The van der Waals surface area contributed by atoms with Crippen LogP contribution < -0.4 is 15.4 Å². The number of urea groups is 1. The molecule has 0 fully saturated rings. The molecule has 130 valence electrons. The van der Waals surface area contributed by atoms with Crippen molar-refractivity contribution in [3.05, 3.63) is 23.8 Å². The van der Waals surface area contributed by atoms with Crippen LogP contribution in [-0.2, 0) is 0 Å². The first-order valence-electron chi connectivity index (χ1n) is 7.20. The SMILES string of the molecule is Cc1c(NC(=O)NC(C)CCCO)cccc1OCC(F)(F)F. The second kappa shape index (κ2) is 8.61. The van der Waals surface area contributed by atoms with Gasteiger partial charge >= 0.3 is 12.2 Å². The number of carbonyl (C=O) groups excluding carboxylic acids is 1. The van der Waals surface area contributed by atoms with E-state index in [0.29, 0.717) is 24.1 Å². The van der Waals surface area contributed by atoms with Crippen LogP contribution in [0.1, 0.15) is 25.3 Å². The summed E-state index contributed by atoms with van der Waals surface area (Å²) in [5, 5.41) is 14.0. The molecule has 1 rings (SSSR count). The predicted molar refractivity (Wildman–Crippen MR) is 80.7 cm³/mol. The van der Waals surface area contributed by atoms with Gasteiger partial charge in [-0.2, -0.15) is 13.2 Å². The number of hydrogen-bond acceptors (Lipinski definition) is 3. The third kappa shape index (κ3) is 7.23. The smallest absolute Gasteiger partial charge is 0.422 e. The van der Waals surface area contributed by atoms with E-state index in [2.05, 4.69) is 10.6 Å². The average molecular weight is 334 g/mol. The second-order valence-electron chi connectivity index (χ2n) is 5.20. The van der Waals surface area contributed by atoms with Crippen molar-refractivity contribution in [2.75, 3.05) is 18.5 Å². The lowest BCUT2D eigenvalue weighted by molar-refractivity contribution is -0.153. The molecule has 5 nitrogen and oxygen atoms in total. The lowest BCUT2D eigenvalue weighted by Crippen LogP contribution is -2.36. The fraction of sp³-hybridized carbons (Fsp3) is 0.533. The van der Waals surface area contributed by atoms with Crippen molar-refractivity contribution in [1.82, 2.24) is 5.32 Å². The second-order valence-corrected chi connectivity index (χ2v) is 5.20. The molecule has 0 aliphatic rings. The maximum Gasteiger partial charge on any atom is 0.422 e. The van der Waals surface area contributed by atoms with Gasteiger partial charge in [0.1, 0.15) is 5.75 Å². The molecule has 0 bridgehead atoms. The summed E-state index contributed by atoms with van der Waals surface area (Å²) in [6, 6.07) is 3.89. The van der Waals surface area contributed by atoms with Gasteiger partial charge in [-0.15, -0.1) is 0 Å². The summed E-state index contributed by atoms with van der Waals surface area (Å²) < 4.78 is 41.4. The van der Waals surface area contributed by atoms with E-state index >= 15 is 0 Å². The quantitative estimate of drug-likeness (QED) is 0.717. The van der Waals surface area contributed by atoms with Gasteiger partial charge in [0, 0.05) is 23.9 Å². The Balaban J connectivity index is 2.65. The van der Waals surface area contributed by atoms with Crippen LogP contribution in [0.5, 0.6) is 5.75 Å². The Labute approximate surface area is 132 Å². The molecule has 0 aliphatic carbocycles. The Bertz CT molecular complexity index is 521. The maximum absolute atomic E-state index is 12.2. The minimum absolute atomic E-state index is 0.0470. The molecule has 1 atom stereocenters. The summed E-state index contributed by atoms with van der Waals surface area (Å²) in [5.41, 5.74) is 0.784. The number of carbonyl (C=O) groups is 1. The molecule has 0 saturated heterocycles. The van der Waals surface area contributed by atoms with Crippen molar-refractivity contribution in [2.24, 2.45) is 0 Å². The summed E-state index contributed by atoms with van der Waals surface area (Å²) >= 11 is 0. The van der Waals surface area contributed by atoms with E-state index in [1.807, 2.05) is 0 Å². The molecule has 2 amide bonds. The largest absolute Gasteiger partial charge is 0.484 e. The molecule has 23 heavy (non-hydrogen) atoms. The van der Waals surface area contributed by atoms with Crippen molar-refractivity contribution < 1.29 is 27.8 Å². The van der Waals surface area contributed by atoms with Gasteiger partial charge in [-0.3, -0.25) is 0 Å². The first-order valence-corrected chi connectivity index (χ1v) is 7.20. The zero-order valence-corrected chi connectivity index (χ0v) is 13.0. The number of nitrogens with one attached hydrogen (secondary N) is 2. The summed E-state index contributed by atoms with van der Waals surface area (Å²) in [7, 11) is 0. The highest BCUT2D eigenvalue weighted by Crippen LogP contribution is 2.27. The molecule has 1 aromatic rings. The van der Waals surface area contributed by atoms with Crippen LogP contribution in [0, 0.1) is 6.92 Å². The lowest BCUT2D eigenvalue weighted by atomic mass is 10.1. The minimum atomic E-state index is -4.42. The van der Waals surface area contributed by atoms with Crippen LogP contribution in [0.25, 0.3) is 0 Å². The van der Waals surface area contributed by atoms with Crippen molar-refractivity contribution in [3.8, 4) is 5.75 Å². The molecule has 0 aliphatic heterocycles. The number of rotatable bonds is 7. The monoisotopic (exact) mass is 334 g/mol. The normalized spacial score (nSPS) is 12.6. The van der Waals surface area contributed by atoms with Crippen LogP contribution in [0.3, 0.4) is 0 Å². The Morgan fingerprint density at radius 1 is 1.39 bits per heavy atom. The number of aliphatic hydroxyl groups excluding tert-OH is 1. The number of halogens is 3. The minimum Gasteiger partial charge on any atom is -0.484 e. The van der Waals surface area contributed by atoms with Gasteiger partial charge in [0.25, 0.3) is 0 Å². The third-order valence-electron chi connectivity index (χ3n) is 3.10. The molecular weight excluding hydrogens is 313 g/mol. The van der Waals surface area contributed by atoms with E-state index in [9.17, 15) is 18.0 Å². The van der Waals surface area contributed by atoms with Gasteiger partial charge in [-0.1, -0.05) is 6.07 Å². The predicted octanol–water partition coefficient (Wildman–Crippen LogP) is 3.22. The first-order chi connectivity index (χ1) is 10.7. The van der Waals surface area contributed by atoms with E-state index in [1.165, 1.54) is 12.1 Å². The van der Waals surface area contributed by atoms with Crippen LogP contribution in [0.15, 0.2) is 18.2 Å². The van der Waals surface area contributed by atoms with Crippen molar-refractivity contribution in [1.29, 1.82) is 0 Å². The van der Waals surface area contributed by atoms with Gasteiger partial charge in [-0.05, 0) is 38.8 Å². The van der Waals surface area contributed by atoms with E-state index < -0.39 is 18.8 Å². The van der Waals surface area contributed by atoms with Crippen LogP contribution in [0.4, 0.5) is 23.7 Å². The molecule has 1 unspecified atom stereocenters. The van der Waals surface area contributed by atoms with Crippen LogP contribution >= 0.6 is 0 Å². The third-order valence-corrected chi connectivity index (χ3v) is 3.10. The first kappa shape index (κ1) is 19.1. The van der Waals surface area contributed by atoms with Crippen molar-refractivity contribution >= 4 is 11.7 Å². The van der Waals surface area contributed by atoms with E-state index in [0.717, 1.165) is 0 Å². The number of ether oxygens (including phenoxy) is 1. The molecule has 3 N–H and O–H groups in total. The zero-order valence-electron chi connectivity index (χ0n) is 13.0. The van der Waals surface area contributed by atoms with Gasteiger partial charge in [0.15, 0.2) is 6.61 Å². The van der Waals surface area contributed by atoms with E-state index in [1.54, 1.807) is 19.9 Å². The molecule has 0 spiro atoms. The number of aliphatic hydroxyl groups is 1. The molecule has 8 heteroatoms. The summed E-state index contributed by atoms with van der Waals surface area (Å²) in [4.78, 5) is 11.9. The Morgan fingerprint density at radius 3 is 2.70 bits per heavy atom. The van der Waals surface area contributed by atoms with Gasteiger partial charge < -0.3 is 20.5 Å². The summed E-state index contributed by atoms with van der Waals surface area (Å²) in [6.07, 6.45) is -3.23. The number of hydrogen-bond donors (Lipinski definition) is 3. The van der Waals surface area contributed by atoms with Crippen molar-refractivity contribution in [3.63, 3.8) is 0 Å². The molecule has 0 heterocycles. The highest BCUT2D eigenvalue weighted by Gasteiger charge is 2.28. The van der Waals surface area contributed by atoms with E-state index in [4.69, 9.17) is 9.84 Å². The fourth-order valence-electron chi connectivity index (χ4n) is 1.92. The zero-order chi connectivity index (χ0) is 17.5. The van der Waals surface area contributed by atoms with Gasteiger partial charge in [0.2, 0.25) is 0 Å². The van der Waals surface area contributed by atoms with Gasteiger partial charge in [-0.25, -0.2) is 4.79 Å². The van der Waals surface area contributed by atoms with Crippen LogP contribution in [0.2, 0.25) is 0 Å². The number of benzene rings is 1. The van der Waals surface area contributed by atoms with Crippen LogP contribution in [-0.4, -0.2) is 36.6 Å². The lowest BCUT2D eigenvalue weighted by Gasteiger charge is -2.17. The Hall–Kier alpha value is -1.96. The number of alkyl halides is 3. The number of amides is 2. The standard InChI is InChI=1S/C15H21F3N2O3/c1-10(5-4-8-21)19-14(22)20-12-6-3-7-13(11(12)2)23-9-15(16,17)18/h3,6-7,10,21H,4-5,8-9H2,1-2H3,(H2,19,20,22). The van der Waals surface area contributed by atoms with Crippen molar-refractivity contribution in [2.45, 2.75) is 38.9 Å². The summed E-state index contributed by atoms with van der Waals surface area (Å²) in [6.45, 7) is 2.02. The highest BCUT2D eigenvalue weighted by atomic mass is 19.4. The highest BCUT2D eigenvalue weighted by molar-refractivity contribution is 5.90. The number of anilines is 1. The maximum atomic E-state index is 12.2. The fourth-order valence-corrected chi connectivity index (χ4v) is 1.92. The summed E-state index contributed by atoms with van der Waals surface area (Å²) in [5.74, 6) is 0.0634. The van der Waals surface area contributed by atoms with Gasteiger partial charge in [0.05, 0.1) is 0 Å². The molecule has 1 aromatic carbocycles. The molecule has 0 radical (unpaired) electrons. The van der Waals surface area contributed by atoms with E-state index in [-0.39, 0.29) is 18.4 Å². The topological polar surface area (TPSA) is 70.6 Å². The Morgan fingerprint density at radius 2 is 2.09 bits per heavy atom. The average Bonchev–Trinajstić information content (AvgIpc) is 2.45. The molecule has 0 saturated carbocycles. The Kier molecular flexibility index (Phi) is 7.15. The molecule has 0 aromatic heterocycles. The molecular formula is C15H21F3N2O3.